The van der Waals surface area contributed by atoms with Crippen LogP contribution < -0.4 is 5.32 Å². The van der Waals surface area contributed by atoms with Gasteiger partial charge in [0.1, 0.15) is 10.7 Å². The number of nitrogens with zero attached hydrogens (tertiary/aromatic N) is 2. The van der Waals surface area contributed by atoms with Crippen LogP contribution in [0.3, 0.4) is 0 Å². The first kappa shape index (κ1) is 19.7. The number of carbonyl (C=O) groups is 2. The van der Waals surface area contributed by atoms with Crippen molar-refractivity contribution in [3.63, 3.8) is 0 Å². The average molecular weight is 402 g/mol. The Hall–Kier alpha value is -2.58. The summed E-state index contributed by atoms with van der Waals surface area (Å²) in [6.45, 7) is 1.51. The van der Waals surface area contributed by atoms with E-state index in [1.165, 1.54) is 19.2 Å². The molecule has 0 unspecified atom stereocenters. The summed E-state index contributed by atoms with van der Waals surface area (Å²) in [4.78, 5) is 31.7. The largest absolute Gasteiger partial charge is 0.462 e. The lowest BCUT2D eigenvalue weighted by molar-refractivity contribution is -0.138. The van der Waals surface area contributed by atoms with E-state index < -0.39 is 44.8 Å². The minimum absolute atomic E-state index is 0.0198. The molecule has 10 heteroatoms. The van der Waals surface area contributed by atoms with Gasteiger partial charge in [-0.05, 0) is 19.1 Å². The number of nitrogens with one attached hydrogen (secondary N) is 1. The van der Waals surface area contributed by atoms with E-state index in [0.717, 1.165) is 18.5 Å². The number of anilines is 1. The molecule has 0 aliphatic rings. The minimum Gasteiger partial charge on any atom is -0.462 e. The van der Waals surface area contributed by atoms with Crippen LogP contribution in [0.5, 0.6) is 0 Å². The first-order valence-corrected chi connectivity index (χ1v) is 7.90. The Bertz CT molecular complexity index is 891. The molecule has 0 bridgehead atoms. The topological polar surface area (TPSA) is 81.2 Å². The predicted octanol–water partition coefficient (Wildman–Crippen LogP) is 3.80. The van der Waals surface area contributed by atoms with Crippen LogP contribution in [0.25, 0.3) is 0 Å². The minimum atomic E-state index is -1.01. The lowest BCUT2D eigenvalue weighted by Gasteiger charge is -2.09. The van der Waals surface area contributed by atoms with Gasteiger partial charge in [0.25, 0.3) is 0 Å². The van der Waals surface area contributed by atoms with Gasteiger partial charge in [-0.2, -0.15) is 0 Å². The Morgan fingerprint density at radius 2 is 2.00 bits per heavy atom. The third kappa shape index (κ3) is 4.53. The predicted molar refractivity (Wildman–Crippen MR) is 91.1 cm³/mol. The van der Waals surface area contributed by atoms with Gasteiger partial charge in [0, 0.05) is 12.4 Å². The van der Waals surface area contributed by atoms with Crippen LogP contribution in [-0.2, 0) is 9.53 Å². The summed E-state index contributed by atoms with van der Waals surface area (Å²) in [7, 11) is 0. The normalized spacial score (nSPS) is 11.2. The van der Waals surface area contributed by atoms with Crippen molar-refractivity contribution in [3.05, 3.63) is 63.8 Å². The smallest absolute Gasteiger partial charge is 0.343 e. The fourth-order valence-electron chi connectivity index (χ4n) is 1.82. The maximum atomic E-state index is 13.6. The Morgan fingerprint density at radius 1 is 1.27 bits per heavy atom. The third-order valence-corrected chi connectivity index (χ3v) is 3.57. The number of halogens is 4. The molecule has 0 amide bonds. The number of ketones is 1. The van der Waals surface area contributed by atoms with E-state index in [9.17, 15) is 18.4 Å². The van der Waals surface area contributed by atoms with Crippen LogP contribution in [0.2, 0.25) is 10.3 Å². The molecule has 0 aromatic carbocycles. The Kier molecular flexibility index (Phi) is 6.59. The van der Waals surface area contributed by atoms with Crippen LogP contribution in [-0.4, -0.2) is 28.3 Å². The molecule has 2 rings (SSSR count). The second-order valence-corrected chi connectivity index (χ2v) is 5.42. The van der Waals surface area contributed by atoms with E-state index in [1.807, 2.05) is 0 Å². The van der Waals surface area contributed by atoms with E-state index in [0.29, 0.717) is 0 Å². The highest BCUT2D eigenvalue weighted by Gasteiger charge is 2.25. The summed E-state index contributed by atoms with van der Waals surface area (Å²) >= 11 is 11.3. The molecule has 0 aliphatic carbocycles. The summed E-state index contributed by atoms with van der Waals surface area (Å²) in [5, 5.41) is 1.55. The molecule has 6 nitrogen and oxygen atoms in total. The quantitative estimate of drug-likeness (QED) is 0.198. The Balaban J connectivity index is 2.43. The maximum absolute atomic E-state index is 13.6. The van der Waals surface area contributed by atoms with Gasteiger partial charge in [-0.3, -0.25) is 9.78 Å². The number of hydrogen-bond acceptors (Lipinski definition) is 6. The number of aromatic nitrogens is 2. The van der Waals surface area contributed by atoms with Crippen LogP contribution in [0.15, 0.2) is 36.3 Å². The molecule has 0 spiro atoms. The summed E-state index contributed by atoms with van der Waals surface area (Å²) in [5.41, 5.74) is -0.973. The second-order valence-electron chi connectivity index (χ2n) is 4.71. The zero-order valence-electron chi connectivity index (χ0n) is 13.2. The van der Waals surface area contributed by atoms with Crippen molar-refractivity contribution in [2.75, 3.05) is 11.9 Å². The third-order valence-electron chi connectivity index (χ3n) is 3.02. The van der Waals surface area contributed by atoms with Crippen molar-refractivity contribution in [3.8, 4) is 0 Å². The number of Topliss-reactive ketones (excluding diaryl/α,β-unsaturated/α-hetero) is 1. The molecular formula is C16H11Cl2F2N3O3. The molecule has 0 atom stereocenters. The molecule has 0 fully saturated rings. The zero-order valence-corrected chi connectivity index (χ0v) is 14.7. The highest BCUT2D eigenvalue weighted by atomic mass is 35.5. The average Bonchev–Trinajstić information content (AvgIpc) is 2.60. The number of pyridine rings is 2. The van der Waals surface area contributed by atoms with Crippen molar-refractivity contribution in [2.24, 2.45) is 0 Å². The number of esters is 1. The zero-order chi connectivity index (χ0) is 19.3. The summed E-state index contributed by atoms with van der Waals surface area (Å²) in [5.74, 6) is -3.68. The monoisotopic (exact) mass is 401 g/mol. The van der Waals surface area contributed by atoms with E-state index in [2.05, 4.69) is 15.3 Å². The fraction of sp³-hybridized carbons (Fsp3) is 0.125. The molecule has 2 heterocycles. The molecular weight excluding hydrogens is 391 g/mol. The Morgan fingerprint density at radius 3 is 2.65 bits per heavy atom. The maximum Gasteiger partial charge on any atom is 0.343 e. The number of carbonyl (C=O) groups excluding carboxylic acids is 2. The lowest BCUT2D eigenvalue weighted by Crippen LogP contribution is -2.18. The molecule has 1 N–H and O–H groups in total. The summed E-state index contributed by atoms with van der Waals surface area (Å²) in [6, 6.07) is 2.04. The van der Waals surface area contributed by atoms with Crippen molar-refractivity contribution >= 4 is 40.6 Å². The molecule has 2 aromatic heterocycles. The van der Waals surface area contributed by atoms with Crippen LogP contribution >= 0.6 is 23.2 Å². The molecule has 0 aliphatic heterocycles. The highest BCUT2D eigenvalue weighted by Crippen LogP contribution is 2.23. The van der Waals surface area contributed by atoms with Crippen LogP contribution in [0, 0.1) is 11.6 Å². The van der Waals surface area contributed by atoms with Crippen molar-refractivity contribution in [1.82, 2.24) is 9.97 Å². The van der Waals surface area contributed by atoms with Gasteiger partial charge >= 0.3 is 5.97 Å². The second kappa shape index (κ2) is 8.68. The molecule has 0 saturated heterocycles. The van der Waals surface area contributed by atoms with Crippen LogP contribution in [0.1, 0.15) is 17.3 Å². The van der Waals surface area contributed by atoms with E-state index in [1.54, 1.807) is 0 Å². The molecule has 0 saturated carbocycles. The highest BCUT2D eigenvalue weighted by molar-refractivity contribution is 6.37. The molecule has 26 heavy (non-hydrogen) atoms. The standard InChI is InChI=1S/C16H11Cl2F2N3O3/c1-2-26-16(25)9(6-22-12-3-4-21-7-11(12)20)13(24)8-5-10(19)15(18)23-14(8)17/h3-7H,2H2,1H3,(H,21,22). The van der Waals surface area contributed by atoms with Crippen LogP contribution in [0.4, 0.5) is 14.5 Å². The van der Waals surface area contributed by atoms with Gasteiger partial charge in [0.15, 0.2) is 16.8 Å². The lowest BCUT2D eigenvalue weighted by atomic mass is 10.1. The first-order valence-electron chi connectivity index (χ1n) is 7.14. The van der Waals surface area contributed by atoms with Gasteiger partial charge in [0.05, 0.1) is 24.1 Å². The molecule has 136 valence electrons. The van der Waals surface area contributed by atoms with Gasteiger partial charge in [-0.15, -0.1) is 0 Å². The molecule has 2 aromatic rings. The number of hydrogen-bond donors (Lipinski definition) is 1. The number of ether oxygens (including phenoxy) is 1. The van der Waals surface area contributed by atoms with E-state index in [4.69, 9.17) is 27.9 Å². The van der Waals surface area contributed by atoms with E-state index >= 15 is 0 Å². The van der Waals surface area contributed by atoms with Crippen molar-refractivity contribution in [2.45, 2.75) is 6.92 Å². The fourth-order valence-corrected chi connectivity index (χ4v) is 2.23. The Labute approximate surface area is 156 Å². The summed E-state index contributed by atoms with van der Waals surface area (Å²) < 4.78 is 32.0. The first-order chi connectivity index (χ1) is 12.3. The van der Waals surface area contributed by atoms with E-state index in [-0.39, 0.29) is 12.3 Å². The molecule has 0 radical (unpaired) electrons. The van der Waals surface area contributed by atoms with Gasteiger partial charge in [0.2, 0.25) is 5.78 Å². The van der Waals surface area contributed by atoms with Crippen molar-refractivity contribution in [1.29, 1.82) is 0 Å². The SMILES string of the molecule is CCOC(=O)C(=CNc1ccncc1F)C(=O)c1cc(F)c(Cl)nc1Cl. The van der Waals surface area contributed by atoms with Gasteiger partial charge < -0.3 is 10.1 Å². The van der Waals surface area contributed by atoms with Crippen molar-refractivity contribution < 1.29 is 23.1 Å². The number of rotatable bonds is 6. The summed E-state index contributed by atoms with van der Waals surface area (Å²) in [6.07, 6.45) is 3.18. The van der Waals surface area contributed by atoms with Gasteiger partial charge in [-0.1, -0.05) is 23.2 Å². The van der Waals surface area contributed by atoms with Gasteiger partial charge in [-0.25, -0.2) is 18.6 Å².